The molecule has 0 radical (unpaired) electrons. The summed E-state index contributed by atoms with van der Waals surface area (Å²) in [7, 11) is 1.58. The lowest BCUT2D eigenvalue weighted by Crippen LogP contribution is -2.03. The number of methoxy groups -OCH3 is 1. The molecule has 2 heterocycles. The molecule has 0 unspecified atom stereocenters. The normalized spacial score (nSPS) is 10.6. The zero-order chi connectivity index (χ0) is 18.5. The van der Waals surface area contributed by atoms with Crippen molar-refractivity contribution in [2.24, 2.45) is 0 Å². The number of benzene rings is 2. The number of hydrogen-bond acceptors (Lipinski definition) is 8. The SMILES string of the molecule is COc1cc(CNc2ncn[nH]2)ccc1Oc1nnnn1-c1ccccc1. The maximum atomic E-state index is 5.88. The van der Waals surface area contributed by atoms with Crippen LogP contribution in [0.1, 0.15) is 5.56 Å². The monoisotopic (exact) mass is 364 g/mol. The Kier molecular flexibility index (Phi) is 4.60. The van der Waals surface area contributed by atoms with Crippen molar-refractivity contribution in [2.45, 2.75) is 6.54 Å². The van der Waals surface area contributed by atoms with Crippen molar-refractivity contribution < 1.29 is 9.47 Å². The Morgan fingerprint density at radius 3 is 2.78 bits per heavy atom. The maximum Gasteiger partial charge on any atom is 0.346 e. The fourth-order valence-electron chi connectivity index (χ4n) is 2.45. The van der Waals surface area contributed by atoms with Crippen LogP contribution in [0.15, 0.2) is 54.9 Å². The van der Waals surface area contributed by atoms with Gasteiger partial charge in [0.05, 0.1) is 12.8 Å². The van der Waals surface area contributed by atoms with Gasteiger partial charge in [0, 0.05) is 6.54 Å². The van der Waals surface area contributed by atoms with Gasteiger partial charge < -0.3 is 14.8 Å². The van der Waals surface area contributed by atoms with Gasteiger partial charge in [0.1, 0.15) is 6.33 Å². The van der Waals surface area contributed by atoms with Crippen LogP contribution in [0.5, 0.6) is 17.5 Å². The first-order valence-corrected chi connectivity index (χ1v) is 8.11. The minimum Gasteiger partial charge on any atom is -0.493 e. The molecule has 136 valence electrons. The Morgan fingerprint density at radius 2 is 2.00 bits per heavy atom. The molecule has 10 heteroatoms. The molecule has 0 amide bonds. The number of ether oxygens (including phenoxy) is 2. The van der Waals surface area contributed by atoms with E-state index in [1.54, 1.807) is 13.2 Å². The second-order valence-electron chi connectivity index (χ2n) is 5.48. The minimum absolute atomic E-state index is 0.243. The highest BCUT2D eigenvalue weighted by Gasteiger charge is 2.14. The molecule has 0 atom stereocenters. The fourth-order valence-corrected chi connectivity index (χ4v) is 2.45. The summed E-state index contributed by atoms with van der Waals surface area (Å²) >= 11 is 0. The van der Waals surface area contributed by atoms with Crippen LogP contribution in [0, 0.1) is 0 Å². The summed E-state index contributed by atoms with van der Waals surface area (Å²) in [6, 6.07) is 15.3. The van der Waals surface area contributed by atoms with Crippen LogP contribution in [0.4, 0.5) is 5.95 Å². The molecule has 0 spiro atoms. The first kappa shape index (κ1) is 16.5. The number of H-pyrrole nitrogens is 1. The predicted octanol–water partition coefficient (Wildman–Crippen LogP) is 2.19. The molecule has 0 aliphatic rings. The summed E-state index contributed by atoms with van der Waals surface area (Å²) in [5, 5.41) is 21.3. The molecule has 0 saturated heterocycles. The van der Waals surface area contributed by atoms with E-state index in [-0.39, 0.29) is 6.01 Å². The summed E-state index contributed by atoms with van der Waals surface area (Å²) in [6.07, 6.45) is 1.44. The number of rotatable bonds is 7. The van der Waals surface area contributed by atoms with E-state index >= 15 is 0 Å². The molecule has 4 aromatic rings. The van der Waals surface area contributed by atoms with Crippen molar-refractivity contribution in [1.82, 2.24) is 35.4 Å². The van der Waals surface area contributed by atoms with Crippen molar-refractivity contribution in [2.75, 3.05) is 12.4 Å². The Balaban J connectivity index is 1.53. The average molecular weight is 364 g/mol. The molecule has 10 nitrogen and oxygen atoms in total. The number of tetrazole rings is 1. The summed E-state index contributed by atoms with van der Waals surface area (Å²) in [4.78, 5) is 4.02. The van der Waals surface area contributed by atoms with Gasteiger partial charge in [0.15, 0.2) is 11.5 Å². The van der Waals surface area contributed by atoms with Gasteiger partial charge >= 0.3 is 6.01 Å². The number of nitrogens with one attached hydrogen (secondary N) is 2. The lowest BCUT2D eigenvalue weighted by molar-refractivity contribution is 0.363. The molecule has 2 N–H and O–H groups in total. The molecule has 0 fully saturated rings. The van der Waals surface area contributed by atoms with Crippen LogP contribution in [0.25, 0.3) is 5.69 Å². The van der Waals surface area contributed by atoms with Crippen LogP contribution in [-0.2, 0) is 6.54 Å². The number of anilines is 1. The van der Waals surface area contributed by atoms with Crippen LogP contribution in [0.2, 0.25) is 0 Å². The Hall–Kier alpha value is -3.95. The highest BCUT2D eigenvalue weighted by molar-refractivity contribution is 5.45. The lowest BCUT2D eigenvalue weighted by atomic mass is 10.2. The summed E-state index contributed by atoms with van der Waals surface area (Å²) in [5.74, 6) is 1.67. The van der Waals surface area contributed by atoms with Gasteiger partial charge in [0.2, 0.25) is 5.95 Å². The van der Waals surface area contributed by atoms with Gasteiger partial charge in [-0.2, -0.15) is 9.78 Å². The summed E-state index contributed by atoms with van der Waals surface area (Å²) in [5.41, 5.74) is 1.78. The molecule has 2 aromatic carbocycles. The van der Waals surface area contributed by atoms with Gasteiger partial charge in [-0.25, -0.2) is 10.1 Å². The maximum absolute atomic E-state index is 5.88. The third-order valence-electron chi connectivity index (χ3n) is 3.75. The van der Waals surface area contributed by atoms with Crippen molar-refractivity contribution in [3.05, 3.63) is 60.4 Å². The Bertz CT molecular complexity index is 1000. The van der Waals surface area contributed by atoms with E-state index < -0.39 is 0 Å². The smallest absolute Gasteiger partial charge is 0.346 e. The van der Waals surface area contributed by atoms with E-state index in [2.05, 4.69) is 36.0 Å². The van der Waals surface area contributed by atoms with Gasteiger partial charge in [-0.05, 0) is 40.3 Å². The van der Waals surface area contributed by atoms with Crippen LogP contribution in [-0.4, -0.2) is 42.5 Å². The average Bonchev–Trinajstić information content (AvgIpc) is 3.40. The van der Waals surface area contributed by atoms with Crippen molar-refractivity contribution >= 4 is 5.95 Å². The van der Waals surface area contributed by atoms with Crippen LogP contribution >= 0.6 is 0 Å². The second kappa shape index (κ2) is 7.52. The first-order chi connectivity index (χ1) is 13.3. The summed E-state index contributed by atoms with van der Waals surface area (Å²) in [6.45, 7) is 0.549. The first-order valence-electron chi connectivity index (χ1n) is 8.11. The van der Waals surface area contributed by atoms with E-state index in [9.17, 15) is 0 Å². The number of aromatic nitrogens is 7. The molecule has 0 aliphatic carbocycles. The number of nitrogens with zero attached hydrogens (tertiary/aromatic N) is 6. The zero-order valence-corrected chi connectivity index (χ0v) is 14.4. The quantitative estimate of drug-likeness (QED) is 0.513. The van der Waals surface area contributed by atoms with E-state index in [0.717, 1.165) is 11.3 Å². The molecular weight excluding hydrogens is 348 g/mol. The van der Waals surface area contributed by atoms with Gasteiger partial charge in [-0.15, -0.1) is 0 Å². The van der Waals surface area contributed by atoms with Gasteiger partial charge in [0.25, 0.3) is 0 Å². The molecule has 4 rings (SSSR count). The van der Waals surface area contributed by atoms with E-state index in [1.807, 2.05) is 42.5 Å². The van der Waals surface area contributed by atoms with Crippen molar-refractivity contribution in [3.63, 3.8) is 0 Å². The zero-order valence-electron chi connectivity index (χ0n) is 14.4. The fraction of sp³-hybridized carbons (Fsp3) is 0.118. The highest BCUT2D eigenvalue weighted by Crippen LogP contribution is 2.32. The molecule has 27 heavy (non-hydrogen) atoms. The Labute approximate surface area is 154 Å². The number of para-hydroxylation sites is 1. The number of hydrogen-bond donors (Lipinski definition) is 2. The Morgan fingerprint density at radius 1 is 1.11 bits per heavy atom. The molecule has 0 aliphatic heterocycles. The van der Waals surface area contributed by atoms with Gasteiger partial charge in [-0.1, -0.05) is 29.4 Å². The molecule has 0 bridgehead atoms. The third kappa shape index (κ3) is 3.68. The summed E-state index contributed by atoms with van der Waals surface area (Å²) < 4.78 is 12.8. The largest absolute Gasteiger partial charge is 0.493 e. The van der Waals surface area contributed by atoms with Crippen LogP contribution < -0.4 is 14.8 Å². The molecule has 2 aromatic heterocycles. The highest BCUT2D eigenvalue weighted by atomic mass is 16.5. The van der Waals surface area contributed by atoms with Gasteiger partial charge in [-0.3, -0.25) is 0 Å². The topological polar surface area (TPSA) is 116 Å². The van der Waals surface area contributed by atoms with Crippen LogP contribution in [0.3, 0.4) is 0 Å². The number of aromatic amines is 1. The molecule has 0 saturated carbocycles. The van der Waals surface area contributed by atoms with Crippen molar-refractivity contribution in [3.8, 4) is 23.2 Å². The molecular formula is C17H16N8O2. The van der Waals surface area contributed by atoms with E-state index in [4.69, 9.17) is 9.47 Å². The third-order valence-corrected chi connectivity index (χ3v) is 3.75. The van der Waals surface area contributed by atoms with Crippen molar-refractivity contribution in [1.29, 1.82) is 0 Å². The lowest BCUT2D eigenvalue weighted by Gasteiger charge is -2.11. The standard InChI is InChI=1S/C17H16N8O2/c1-26-15-9-12(10-18-16-19-11-20-21-16)7-8-14(15)27-17-22-23-24-25(17)13-5-3-2-4-6-13/h2-9,11H,10H2,1H3,(H2,18,19,20,21). The van der Waals surface area contributed by atoms with E-state index in [1.165, 1.54) is 11.0 Å². The minimum atomic E-state index is 0.243. The predicted molar refractivity (Wildman–Crippen MR) is 95.9 cm³/mol. The second-order valence-corrected chi connectivity index (χ2v) is 5.48. The van der Waals surface area contributed by atoms with E-state index in [0.29, 0.717) is 24.0 Å².